The summed E-state index contributed by atoms with van der Waals surface area (Å²) in [6, 6.07) is 0. The highest BCUT2D eigenvalue weighted by atomic mass is 16.6. The summed E-state index contributed by atoms with van der Waals surface area (Å²) in [7, 11) is 0. The van der Waals surface area contributed by atoms with E-state index >= 15 is 0 Å². The predicted molar refractivity (Wildman–Crippen MR) is 69.4 cm³/mol. The van der Waals surface area contributed by atoms with Crippen LogP contribution in [0.1, 0.15) is 40.0 Å². The molecule has 114 valence electrons. The van der Waals surface area contributed by atoms with Gasteiger partial charge in [0.1, 0.15) is 0 Å². The van der Waals surface area contributed by atoms with Crippen LogP contribution >= 0.6 is 0 Å². The Hall–Kier alpha value is -1.79. The molecule has 1 fully saturated rings. The van der Waals surface area contributed by atoms with Crippen molar-refractivity contribution in [3.63, 3.8) is 0 Å². The van der Waals surface area contributed by atoms with E-state index in [9.17, 15) is 19.5 Å². The fraction of sp³-hybridized carbons (Fsp3) is 0.769. The summed E-state index contributed by atoms with van der Waals surface area (Å²) < 4.78 is 5.04. The van der Waals surface area contributed by atoms with Gasteiger partial charge in [-0.15, -0.1) is 0 Å². The summed E-state index contributed by atoms with van der Waals surface area (Å²) in [4.78, 5) is 34.9. The first kappa shape index (κ1) is 16.3. The number of ether oxygens (including phenoxy) is 1. The van der Waals surface area contributed by atoms with E-state index in [0.717, 1.165) is 4.90 Å². The van der Waals surface area contributed by atoms with Gasteiger partial charge in [-0.1, -0.05) is 20.8 Å². The van der Waals surface area contributed by atoms with E-state index in [2.05, 4.69) is 0 Å². The highest BCUT2D eigenvalue weighted by Gasteiger charge is 2.55. The van der Waals surface area contributed by atoms with Gasteiger partial charge < -0.3 is 14.9 Å². The van der Waals surface area contributed by atoms with Crippen molar-refractivity contribution in [3.8, 4) is 0 Å². The van der Waals surface area contributed by atoms with Gasteiger partial charge in [-0.25, -0.2) is 9.59 Å². The van der Waals surface area contributed by atoms with E-state index in [1.54, 1.807) is 0 Å². The lowest BCUT2D eigenvalue weighted by molar-refractivity contribution is -0.165. The quantitative estimate of drug-likeness (QED) is 0.795. The molecule has 1 aliphatic rings. The molecular weight excluding hydrogens is 266 g/mol. The van der Waals surface area contributed by atoms with E-state index in [4.69, 9.17) is 9.84 Å². The van der Waals surface area contributed by atoms with Crippen LogP contribution in [0.25, 0.3) is 0 Å². The van der Waals surface area contributed by atoms with Crippen molar-refractivity contribution in [2.75, 3.05) is 13.2 Å². The van der Waals surface area contributed by atoms with Gasteiger partial charge in [-0.3, -0.25) is 9.69 Å². The van der Waals surface area contributed by atoms with E-state index in [-0.39, 0.29) is 25.0 Å². The molecule has 0 unspecified atom stereocenters. The van der Waals surface area contributed by atoms with Crippen LogP contribution in [-0.4, -0.2) is 51.8 Å². The summed E-state index contributed by atoms with van der Waals surface area (Å²) in [6.07, 6.45) is -0.602. The molecule has 1 amide bonds. The molecule has 20 heavy (non-hydrogen) atoms. The van der Waals surface area contributed by atoms with Crippen LogP contribution in [-0.2, 0) is 14.3 Å². The number of carbonyl (C=O) groups is 3. The standard InChI is InChI=1S/C13H21NO6/c1-12(2,3)5-7-20-11(19)14-6-4-13(14,10(17)18)8-9(15)16/h4-8H2,1-3H3,(H,15,16)(H,17,18)/t13-/m0/s1. The molecule has 0 spiro atoms. The Labute approximate surface area is 117 Å². The predicted octanol–water partition coefficient (Wildman–Crippen LogP) is 1.56. The largest absolute Gasteiger partial charge is 0.481 e. The van der Waals surface area contributed by atoms with Gasteiger partial charge in [0.25, 0.3) is 0 Å². The Bertz CT molecular complexity index is 414. The van der Waals surface area contributed by atoms with Crippen molar-refractivity contribution >= 4 is 18.0 Å². The number of carboxylic acid groups (broad SMARTS) is 2. The number of aliphatic carboxylic acids is 2. The Balaban J connectivity index is 2.63. The maximum Gasteiger partial charge on any atom is 0.410 e. The van der Waals surface area contributed by atoms with Crippen molar-refractivity contribution in [1.82, 2.24) is 4.90 Å². The molecule has 2 N–H and O–H groups in total. The average molecular weight is 287 g/mol. The highest BCUT2D eigenvalue weighted by molar-refractivity contribution is 5.90. The number of amides is 1. The highest BCUT2D eigenvalue weighted by Crippen LogP contribution is 2.35. The van der Waals surface area contributed by atoms with Crippen LogP contribution in [0, 0.1) is 5.41 Å². The lowest BCUT2D eigenvalue weighted by Crippen LogP contribution is -2.67. The van der Waals surface area contributed by atoms with Crippen LogP contribution < -0.4 is 0 Å². The normalized spacial score (nSPS) is 22.1. The first-order chi connectivity index (χ1) is 9.08. The molecule has 1 heterocycles. The molecule has 0 aromatic heterocycles. The minimum absolute atomic E-state index is 0.000176. The van der Waals surface area contributed by atoms with Gasteiger partial charge in [0, 0.05) is 6.54 Å². The molecule has 0 bridgehead atoms. The van der Waals surface area contributed by atoms with Crippen molar-refractivity contribution in [2.45, 2.75) is 45.6 Å². The zero-order chi connectivity index (χ0) is 15.6. The second-order valence-corrected chi connectivity index (χ2v) is 6.23. The lowest BCUT2D eigenvalue weighted by Gasteiger charge is -2.47. The van der Waals surface area contributed by atoms with E-state index in [1.807, 2.05) is 20.8 Å². The topological polar surface area (TPSA) is 104 Å². The van der Waals surface area contributed by atoms with Crippen molar-refractivity contribution < 1.29 is 29.3 Å². The molecule has 7 heteroatoms. The van der Waals surface area contributed by atoms with Crippen LogP contribution in [0.2, 0.25) is 0 Å². The smallest absolute Gasteiger partial charge is 0.410 e. The van der Waals surface area contributed by atoms with Gasteiger partial charge in [0.15, 0.2) is 5.54 Å². The number of hydrogen-bond acceptors (Lipinski definition) is 4. The minimum Gasteiger partial charge on any atom is -0.481 e. The molecule has 7 nitrogen and oxygen atoms in total. The Kier molecular flexibility index (Phi) is 4.62. The van der Waals surface area contributed by atoms with Crippen molar-refractivity contribution in [2.24, 2.45) is 5.41 Å². The number of nitrogens with zero attached hydrogens (tertiary/aromatic N) is 1. The van der Waals surface area contributed by atoms with Gasteiger partial charge in [0.05, 0.1) is 13.0 Å². The zero-order valence-electron chi connectivity index (χ0n) is 12.0. The molecule has 1 atom stereocenters. The van der Waals surface area contributed by atoms with Crippen LogP contribution in [0.3, 0.4) is 0 Å². The number of hydrogen-bond donors (Lipinski definition) is 2. The monoisotopic (exact) mass is 287 g/mol. The zero-order valence-corrected chi connectivity index (χ0v) is 12.0. The third kappa shape index (κ3) is 3.61. The summed E-state index contributed by atoms with van der Waals surface area (Å²) in [5.41, 5.74) is -1.66. The molecule has 0 aromatic carbocycles. The fourth-order valence-electron chi connectivity index (χ4n) is 2.01. The van der Waals surface area contributed by atoms with E-state index in [1.165, 1.54) is 0 Å². The molecule has 0 aliphatic carbocycles. The first-order valence-electron chi connectivity index (χ1n) is 6.48. The second-order valence-electron chi connectivity index (χ2n) is 6.23. The second kappa shape index (κ2) is 5.68. The Morgan fingerprint density at radius 1 is 1.25 bits per heavy atom. The summed E-state index contributed by atoms with van der Waals surface area (Å²) in [6.45, 7) is 6.37. The van der Waals surface area contributed by atoms with Gasteiger partial charge in [0.2, 0.25) is 0 Å². The molecular formula is C13H21NO6. The molecule has 0 radical (unpaired) electrons. The summed E-state index contributed by atoms with van der Waals surface area (Å²) >= 11 is 0. The third-order valence-electron chi connectivity index (χ3n) is 3.41. The Morgan fingerprint density at radius 3 is 2.20 bits per heavy atom. The summed E-state index contributed by atoms with van der Waals surface area (Å²) in [5.74, 6) is -2.56. The van der Waals surface area contributed by atoms with Crippen molar-refractivity contribution in [1.29, 1.82) is 0 Å². The maximum absolute atomic E-state index is 11.9. The van der Waals surface area contributed by atoms with Gasteiger partial charge in [-0.2, -0.15) is 0 Å². The maximum atomic E-state index is 11.9. The van der Waals surface area contributed by atoms with E-state index < -0.39 is 30.0 Å². The van der Waals surface area contributed by atoms with Crippen molar-refractivity contribution in [3.05, 3.63) is 0 Å². The van der Waals surface area contributed by atoms with Crippen LogP contribution in [0.5, 0.6) is 0 Å². The Morgan fingerprint density at radius 2 is 1.85 bits per heavy atom. The molecule has 0 aromatic rings. The number of carboxylic acids is 2. The third-order valence-corrected chi connectivity index (χ3v) is 3.41. The fourth-order valence-corrected chi connectivity index (χ4v) is 2.01. The first-order valence-corrected chi connectivity index (χ1v) is 6.48. The average Bonchev–Trinajstić information content (AvgIpc) is 2.21. The van der Waals surface area contributed by atoms with E-state index in [0.29, 0.717) is 6.42 Å². The van der Waals surface area contributed by atoms with Gasteiger partial charge in [-0.05, 0) is 18.3 Å². The molecule has 0 saturated carbocycles. The van der Waals surface area contributed by atoms with Gasteiger partial charge >= 0.3 is 18.0 Å². The number of likely N-dealkylation sites (tertiary alicyclic amines) is 1. The lowest BCUT2D eigenvalue weighted by atomic mass is 9.82. The minimum atomic E-state index is -1.66. The number of carbonyl (C=O) groups excluding carboxylic acids is 1. The van der Waals surface area contributed by atoms with Crippen LogP contribution in [0.4, 0.5) is 4.79 Å². The van der Waals surface area contributed by atoms with Crippen LogP contribution in [0.15, 0.2) is 0 Å². The molecule has 1 saturated heterocycles. The number of rotatable bonds is 5. The SMILES string of the molecule is CC(C)(C)CCOC(=O)N1CC[C@]1(CC(=O)O)C(=O)O. The molecule has 1 aliphatic heterocycles. The summed E-state index contributed by atoms with van der Waals surface area (Å²) in [5, 5.41) is 18.0. The molecule has 1 rings (SSSR count).